The van der Waals surface area contributed by atoms with E-state index in [1.54, 1.807) is 6.92 Å². The minimum Gasteiger partial charge on any atom is -0.454 e. The molecule has 30 heavy (non-hydrogen) atoms. The van der Waals surface area contributed by atoms with Crippen LogP contribution >= 0.6 is 0 Å². The number of anilines is 3. The molecule has 0 fully saturated rings. The molecule has 0 bridgehead atoms. The van der Waals surface area contributed by atoms with Gasteiger partial charge in [-0.2, -0.15) is 0 Å². The van der Waals surface area contributed by atoms with Crippen molar-refractivity contribution < 1.29 is 23.9 Å². The van der Waals surface area contributed by atoms with Gasteiger partial charge in [-0.3, -0.25) is 15.4 Å². The number of hydrogen-bond donors (Lipinski definition) is 3. The van der Waals surface area contributed by atoms with Crippen molar-refractivity contribution >= 4 is 29.1 Å². The molecule has 2 unspecified atom stereocenters. The van der Waals surface area contributed by atoms with E-state index in [0.29, 0.717) is 11.5 Å². The number of nitrogen functional groups attached to an aromatic ring is 1. The quantitative estimate of drug-likeness (QED) is 0.454. The van der Waals surface area contributed by atoms with Crippen LogP contribution in [0.2, 0.25) is 0 Å². The Kier molecular flexibility index (Phi) is 6.09. The van der Waals surface area contributed by atoms with Crippen molar-refractivity contribution in [2.24, 2.45) is 0 Å². The average molecular weight is 417 g/mol. The Hall–Kier alpha value is -3.76. The van der Waals surface area contributed by atoms with E-state index in [1.807, 2.05) is 32.0 Å². The number of nitro groups is 1. The zero-order valence-electron chi connectivity index (χ0n) is 16.8. The third-order valence-corrected chi connectivity index (χ3v) is 4.76. The normalized spacial score (nSPS) is 14.0. The van der Waals surface area contributed by atoms with Gasteiger partial charge in [-0.05, 0) is 31.5 Å². The molecule has 11 nitrogen and oxygen atoms in total. The maximum Gasteiger partial charge on any atom is 0.412 e. The number of nitrogens with two attached hydrogens (primary N) is 1. The summed E-state index contributed by atoms with van der Waals surface area (Å²) in [5.41, 5.74) is 6.52. The van der Waals surface area contributed by atoms with Crippen molar-refractivity contribution in [3.05, 3.63) is 39.9 Å². The predicted molar refractivity (Wildman–Crippen MR) is 110 cm³/mol. The fourth-order valence-corrected chi connectivity index (χ4v) is 3.05. The van der Waals surface area contributed by atoms with E-state index in [1.165, 1.54) is 6.07 Å². The number of nitrogens with one attached hydrogen (secondary N) is 2. The summed E-state index contributed by atoms with van der Waals surface area (Å²) in [6.07, 6.45) is -0.731. The van der Waals surface area contributed by atoms with Crippen LogP contribution in [0.3, 0.4) is 0 Å². The number of fused-ring (bicyclic) bond motifs is 1. The summed E-state index contributed by atoms with van der Waals surface area (Å²) in [4.78, 5) is 26.5. The molecule has 0 spiro atoms. The summed E-state index contributed by atoms with van der Waals surface area (Å²) in [6, 6.07) is 6.75. The molecule has 2 aromatic rings. The van der Waals surface area contributed by atoms with Crippen molar-refractivity contribution in [1.82, 2.24) is 4.98 Å². The van der Waals surface area contributed by atoms with E-state index in [2.05, 4.69) is 15.6 Å². The van der Waals surface area contributed by atoms with Crippen LogP contribution in [0, 0.1) is 10.1 Å². The Morgan fingerprint density at radius 1 is 1.33 bits per heavy atom. The second kappa shape index (κ2) is 8.72. The molecule has 1 aliphatic rings. The molecule has 0 saturated heterocycles. The Morgan fingerprint density at radius 3 is 2.77 bits per heavy atom. The first-order valence-electron chi connectivity index (χ1n) is 9.35. The summed E-state index contributed by atoms with van der Waals surface area (Å²) >= 11 is 0. The van der Waals surface area contributed by atoms with E-state index in [4.69, 9.17) is 19.9 Å². The van der Waals surface area contributed by atoms with E-state index in [-0.39, 0.29) is 48.4 Å². The van der Waals surface area contributed by atoms with Gasteiger partial charge in [0.25, 0.3) is 0 Å². The van der Waals surface area contributed by atoms with Crippen molar-refractivity contribution in [2.45, 2.75) is 32.7 Å². The molecule has 3 rings (SSSR count). The highest BCUT2D eigenvalue weighted by atomic mass is 16.7. The number of ether oxygens (including phenoxy) is 3. The Labute approximate surface area is 172 Å². The fourth-order valence-electron chi connectivity index (χ4n) is 3.05. The molecule has 11 heteroatoms. The number of carbonyl (C=O) groups is 1. The van der Waals surface area contributed by atoms with Crippen molar-refractivity contribution in [3.63, 3.8) is 0 Å². The van der Waals surface area contributed by atoms with Gasteiger partial charge in [-0.1, -0.05) is 13.0 Å². The van der Waals surface area contributed by atoms with Crippen LogP contribution in [-0.2, 0) is 4.74 Å². The van der Waals surface area contributed by atoms with Crippen molar-refractivity contribution in [1.29, 1.82) is 0 Å². The summed E-state index contributed by atoms with van der Waals surface area (Å²) in [5.74, 6) is 1.02. The van der Waals surface area contributed by atoms with Crippen LogP contribution in [-0.4, -0.2) is 35.4 Å². The molecule has 1 amide bonds. The van der Waals surface area contributed by atoms with Crippen LogP contribution in [0.1, 0.15) is 32.3 Å². The van der Waals surface area contributed by atoms with Gasteiger partial charge in [0.15, 0.2) is 11.5 Å². The molecule has 4 N–H and O–H groups in total. The van der Waals surface area contributed by atoms with Crippen LogP contribution < -0.4 is 25.8 Å². The monoisotopic (exact) mass is 417 g/mol. The average Bonchev–Trinajstić information content (AvgIpc) is 3.14. The molecule has 2 heterocycles. The minimum absolute atomic E-state index is 0.0435. The molecule has 0 aliphatic carbocycles. The molecule has 1 aromatic heterocycles. The van der Waals surface area contributed by atoms with Gasteiger partial charge in [-0.15, -0.1) is 0 Å². The number of nitrogens with zero attached hydrogens (tertiary/aromatic N) is 2. The van der Waals surface area contributed by atoms with Gasteiger partial charge in [0.2, 0.25) is 12.6 Å². The zero-order chi connectivity index (χ0) is 21.8. The highest BCUT2D eigenvalue weighted by Gasteiger charge is 2.26. The lowest BCUT2D eigenvalue weighted by Gasteiger charge is -2.23. The Balaban J connectivity index is 1.84. The maximum atomic E-state index is 11.7. The van der Waals surface area contributed by atoms with Crippen LogP contribution in [0.4, 0.5) is 27.8 Å². The van der Waals surface area contributed by atoms with E-state index < -0.39 is 11.0 Å². The van der Waals surface area contributed by atoms with Gasteiger partial charge >= 0.3 is 11.8 Å². The van der Waals surface area contributed by atoms with Gasteiger partial charge < -0.3 is 25.3 Å². The van der Waals surface area contributed by atoms with Gasteiger partial charge in [-0.25, -0.2) is 9.78 Å². The Bertz CT molecular complexity index is 967. The van der Waals surface area contributed by atoms with Crippen LogP contribution in [0.15, 0.2) is 24.3 Å². The molecule has 1 aromatic carbocycles. The first-order chi connectivity index (χ1) is 14.3. The Morgan fingerprint density at radius 2 is 2.07 bits per heavy atom. The number of benzene rings is 1. The van der Waals surface area contributed by atoms with Crippen molar-refractivity contribution in [3.8, 4) is 11.5 Å². The molecule has 0 saturated carbocycles. The number of carbonyl (C=O) groups excluding carboxylic acids is 1. The van der Waals surface area contributed by atoms with E-state index in [9.17, 15) is 14.9 Å². The predicted octanol–water partition coefficient (Wildman–Crippen LogP) is 3.47. The third-order valence-electron chi connectivity index (χ3n) is 4.76. The lowest BCUT2D eigenvalue weighted by molar-refractivity contribution is -0.383. The minimum atomic E-state index is -0.731. The lowest BCUT2D eigenvalue weighted by atomic mass is 9.94. The molecular weight excluding hydrogens is 394 g/mol. The summed E-state index contributed by atoms with van der Waals surface area (Å²) in [6.45, 7) is 5.87. The summed E-state index contributed by atoms with van der Waals surface area (Å²) in [7, 11) is 0. The third kappa shape index (κ3) is 4.45. The first-order valence-corrected chi connectivity index (χ1v) is 9.35. The fraction of sp³-hybridized carbons (Fsp3) is 0.368. The summed E-state index contributed by atoms with van der Waals surface area (Å²) in [5, 5.41) is 17.1. The van der Waals surface area contributed by atoms with Gasteiger partial charge in [0.05, 0.1) is 11.5 Å². The largest absolute Gasteiger partial charge is 0.454 e. The van der Waals surface area contributed by atoms with Crippen molar-refractivity contribution in [2.75, 3.05) is 29.8 Å². The standard InChI is InChI=1S/C19H23N5O6/c1-4-28-19(25)23-16-8-13(17(24(26)27)18(20)22-16)21-11(3)10(2)12-5-6-14-15(7-12)30-9-29-14/h5-8,10-11H,4,9H2,1-3H3,(H4,20,21,22,23,25). The second-order valence-electron chi connectivity index (χ2n) is 6.73. The molecule has 160 valence electrons. The first kappa shape index (κ1) is 21.0. The van der Waals surface area contributed by atoms with E-state index >= 15 is 0 Å². The van der Waals surface area contributed by atoms with Crippen LogP contribution in [0.25, 0.3) is 0 Å². The van der Waals surface area contributed by atoms with Gasteiger partial charge in [0.1, 0.15) is 11.5 Å². The number of amides is 1. The molecule has 1 aliphatic heterocycles. The maximum absolute atomic E-state index is 11.7. The molecule has 0 radical (unpaired) electrons. The number of hydrogen-bond acceptors (Lipinski definition) is 9. The zero-order valence-corrected chi connectivity index (χ0v) is 16.8. The number of rotatable bonds is 7. The smallest absolute Gasteiger partial charge is 0.412 e. The van der Waals surface area contributed by atoms with Gasteiger partial charge in [0, 0.05) is 18.0 Å². The number of pyridine rings is 1. The highest BCUT2D eigenvalue weighted by Crippen LogP contribution is 2.37. The SMILES string of the molecule is CCOC(=O)Nc1cc(NC(C)C(C)c2ccc3c(c2)OCO3)c([N+](=O)[O-])c(N)n1. The second-order valence-corrected chi connectivity index (χ2v) is 6.73. The molecule has 2 atom stereocenters. The van der Waals surface area contributed by atoms with Crippen LogP contribution in [0.5, 0.6) is 11.5 Å². The topological polar surface area (TPSA) is 151 Å². The van der Waals surface area contributed by atoms with E-state index in [0.717, 1.165) is 5.56 Å². The number of aromatic nitrogens is 1. The summed E-state index contributed by atoms with van der Waals surface area (Å²) < 4.78 is 15.6. The lowest BCUT2D eigenvalue weighted by Crippen LogP contribution is -2.23. The highest BCUT2D eigenvalue weighted by molar-refractivity contribution is 5.86. The molecular formula is C19H23N5O6.